The number of aryl methyl sites for hydroxylation is 1. The second kappa shape index (κ2) is 5.66. The molecule has 1 atom stereocenters. The zero-order chi connectivity index (χ0) is 13.9. The Bertz CT molecular complexity index is 429. The van der Waals surface area contributed by atoms with Crippen LogP contribution in [0.15, 0.2) is 18.2 Å². The summed E-state index contributed by atoms with van der Waals surface area (Å²) in [6, 6.07) is 5.80. The van der Waals surface area contributed by atoms with Gasteiger partial charge in [0, 0.05) is 18.0 Å². The molecule has 0 aliphatic heterocycles. The van der Waals surface area contributed by atoms with Crippen LogP contribution in [0.5, 0.6) is 0 Å². The quantitative estimate of drug-likeness (QED) is 0.825. The molecule has 0 saturated heterocycles. The summed E-state index contributed by atoms with van der Waals surface area (Å²) in [5.74, 6) is 0.160. The topological polar surface area (TPSA) is 43.1 Å². The van der Waals surface area contributed by atoms with E-state index >= 15 is 0 Å². The van der Waals surface area contributed by atoms with Crippen LogP contribution in [0.2, 0.25) is 0 Å². The summed E-state index contributed by atoms with van der Waals surface area (Å²) in [6.45, 7) is 10.5. The number of benzene rings is 1. The fourth-order valence-corrected chi connectivity index (χ4v) is 2.26. The van der Waals surface area contributed by atoms with Gasteiger partial charge in [0.2, 0.25) is 0 Å². The smallest absolute Gasteiger partial charge is 0.164 e. The molecule has 0 bridgehead atoms. The number of carbonyl (C=O) groups is 1. The number of hydrogen-bond acceptors (Lipinski definition) is 2. The maximum atomic E-state index is 12.2. The average Bonchev–Trinajstić information content (AvgIpc) is 2.18. The van der Waals surface area contributed by atoms with E-state index in [9.17, 15) is 4.79 Å². The summed E-state index contributed by atoms with van der Waals surface area (Å²) < 4.78 is 0. The average molecular weight is 247 g/mol. The molecule has 0 aromatic heterocycles. The third-order valence-corrected chi connectivity index (χ3v) is 3.23. The number of Topliss-reactive ketones (excluding diaryl/α,β-unsaturated/α-hetero) is 1. The first-order valence-electron chi connectivity index (χ1n) is 6.56. The molecule has 18 heavy (non-hydrogen) atoms. The second-order valence-electron chi connectivity index (χ2n) is 6.40. The van der Waals surface area contributed by atoms with Crippen LogP contribution < -0.4 is 5.73 Å². The van der Waals surface area contributed by atoms with Crippen LogP contribution in [0.4, 0.5) is 0 Å². The largest absolute Gasteiger partial charge is 0.327 e. The van der Waals surface area contributed by atoms with Crippen molar-refractivity contribution >= 4 is 5.78 Å². The Kier molecular flexibility index (Phi) is 4.69. The fourth-order valence-electron chi connectivity index (χ4n) is 2.26. The maximum Gasteiger partial charge on any atom is 0.164 e. The number of ketones is 1. The van der Waals surface area contributed by atoms with Crippen molar-refractivity contribution in [3.63, 3.8) is 0 Å². The minimum atomic E-state index is -0.0580. The Balaban J connectivity index is 2.74. The van der Waals surface area contributed by atoms with E-state index in [0.717, 1.165) is 23.1 Å². The van der Waals surface area contributed by atoms with Gasteiger partial charge in [0.1, 0.15) is 0 Å². The summed E-state index contributed by atoms with van der Waals surface area (Å²) >= 11 is 0. The molecular weight excluding hydrogens is 222 g/mol. The molecule has 100 valence electrons. The molecule has 1 unspecified atom stereocenters. The molecule has 1 aromatic rings. The first-order chi connectivity index (χ1) is 8.20. The van der Waals surface area contributed by atoms with Gasteiger partial charge >= 0.3 is 0 Å². The van der Waals surface area contributed by atoms with Gasteiger partial charge in [0.25, 0.3) is 0 Å². The first kappa shape index (κ1) is 14.9. The van der Waals surface area contributed by atoms with Gasteiger partial charge in [0.15, 0.2) is 5.78 Å². The Morgan fingerprint density at radius 2 is 1.89 bits per heavy atom. The van der Waals surface area contributed by atoms with Gasteiger partial charge in [-0.05, 0) is 36.8 Å². The third-order valence-electron chi connectivity index (χ3n) is 3.23. The highest BCUT2D eigenvalue weighted by atomic mass is 16.1. The highest BCUT2D eigenvalue weighted by Crippen LogP contribution is 2.22. The van der Waals surface area contributed by atoms with E-state index < -0.39 is 0 Å². The van der Waals surface area contributed by atoms with Crippen molar-refractivity contribution in [1.29, 1.82) is 0 Å². The highest BCUT2D eigenvalue weighted by Gasteiger charge is 2.19. The molecule has 2 heteroatoms. The van der Waals surface area contributed by atoms with Crippen molar-refractivity contribution in [2.45, 2.75) is 53.5 Å². The second-order valence-corrected chi connectivity index (χ2v) is 6.40. The molecule has 2 nitrogen and oxygen atoms in total. The van der Waals surface area contributed by atoms with Crippen LogP contribution in [0, 0.1) is 19.3 Å². The van der Waals surface area contributed by atoms with Gasteiger partial charge in [-0.25, -0.2) is 0 Å². The van der Waals surface area contributed by atoms with Crippen LogP contribution in [-0.2, 0) is 0 Å². The highest BCUT2D eigenvalue weighted by molar-refractivity contribution is 5.98. The number of rotatable bonds is 4. The molecule has 0 heterocycles. The van der Waals surface area contributed by atoms with E-state index in [4.69, 9.17) is 5.73 Å². The minimum absolute atomic E-state index is 0.0580. The van der Waals surface area contributed by atoms with Crippen molar-refractivity contribution in [3.05, 3.63) is 34.9 Å². The summed E-state index contributed by atoms with van der Waals surface area (Å²) in [5.41, 5.74) is 9.28. The van der Waals surface area contributed by atoms with Crippen LogP contribution in [-0.4, -0.2) is 11.8 Å². The molecule has 0 saturated carbocycles. The van der Waals surface area contributed by atoms with Gasteiger partial charge < -0.3 is 5.73 Å². The van der Waals surface area contributed by atoms with Crippen molar-refractivity contribution < 1.29 is 4.79 Å². The summed E-state index contributed by atoms with van der Waals surface area (Å²) in [6.07, 6.45) is 1.30. The SMILES string of the molecule is Cc1cccc(C(=O)CC(N)CC(C)(C)C)c1C. The number of carbonyl (C=O) groups excluding carboxylic acids is 1. The lowest BCUT2D eigenvalue weighted by atomic mass is 9.85. The predicted molar refractivity (Wildman–Crippen MR) is 76.9 cm³/mol. The molecule has 0 amide bonds. The first-order valence-corrected chi connectivity index (χ1v) is 6.56. The van der Waals surface area contributed by atoms with Crippen LogP contribution in [0.3, 0.4) is 0 Å². The number of nitrogens with two attached hydrogens (primary N) is 1. The molecule has 0 aliphatic rings. The summed E-state index contributed by atoms with van der Waals surface area (Å²) in [7, 11) is 0. The Morgan fingerprint density at radius 3 is 2.44 bits per heavy atom. The molecule has 2 N–H and O–H groups in total. The molecule has 1 aromatic carbocycles. The lowest BCUT2D eigenvalue weighted by Gasteiger charge is -2.22. The summed E-state index contributed by atoms with van der Waals surface area (Å²) in [4.78, 5) is 12.2. The Labute approximate surface area is 111 Å². The van der Waals surface area contributed by atoms with Crippen molar-refractivity contribution in [3.8, 4) is 0 Å². The van der Waals surface area contributed by atoms with E-state index in [2.05, 4.69) is 20.8 Å². The van der Waals surface area contributed by atoms with Gasteiger partial charge in [-0.1, -0.05) is 39.0 Å². The lowest BCUT2D eigenvalue weighted by Crippen LogP contribution is -2.29. The standard InChI is InChI=1S/C16H25NO/c1-11-7-6-8-14(12(11)2)15(18)9-13(17)10-16(3,4)5/h6-8,13H,9-10,17H2,1-5H3. The molecule has 1 rings (SSSR count). The third kappa shape index (κ3) is 4.26. The predicted octanol–water partition coefficient (Wildman–Crippen LogP) is 3.64. The van der Waals surface area contributed by atoms with Gasteiger partial charge in [-0.15, -0.1) is 0 Å². The van der Waals surface area contributed by atoms with E-state index in [1.54, 1.807) is 0 Å². The van der Waals surface area contributed by atoms with E-state index in [1.165, 1.54) is 0 Å². The van der Waals surface area contributed by atoms with E-state index in [-0.39, 0.29) is 17.2 Å². The fraction of sp³-hybridized carbons (Fsp3) is 0.562. The minimum Gasteiger partial charge on any atom is -0.327 e. The lowest BCUT2D eigenvalue weighted by molar-refractivity contribution is 0.0967. The van der Waals surface area contributed by atoms with Gasteiger partial charge in [0.05, 0.1) is 0 Å². The zero-order valence-corrected chi connectivity index (χ0v) is 12.2. The molecule has 0 radical (unpaired) electrons. The molecular formula is C16H25NO. The Hall–Kier alpha value is -1.15. The normalized spacial score (nSPS) is 13.4. The molecule has 0 spiro atoms. The van der Waals surface area contributed by atoms with Gasteiger partial charge in [-0.3, -0.25) is 4.79 Å². The number of hydrogen-bond donors (Lipinski definition) is 1. The van der Waals surface area contributed by atoms with Gasteiger partial charge in [-0.2, -0.15) is 0 Å². The summed E-state index contributed by atoms with van der Waals surface area (Å²) in [5, 5.41) is 0. The maximum absolute atomic E-state index is 12.2. The van der Waals surface area contributed by atoms with E-state index in [1.807, 2.05) is 32.0 Å². The van der Waals surface area contributed by atoms with Crippen molar-refractivity contribution in [2.75, 3.05) is 0 Å². The zero-order valence-electron chi connectivity index (χ0n) is 12.2. The molecule has 0 fully saturated rings. The monoisotopic (exact) mass is 247 g/mol. The van der Waals surface area contributed by atoms with Crippen LogP contribution >= 0.6 is 0 Å². The van der Waals surface area contributed by atoms with Crippen molar-refractivity contribution in [2.24, 2.45) is 11.1 Å². The van der Waals surface area contributed by atoms with Crippen LogP contribution in [0.25, 0.3) is 0 Å². The molecule has 0 aliphatic carbocycles. The van der Waals surface area contributed by atoms with Crippen molar-refractivity contribution in [1.82, 2.24) is 0 Å². The Morgan fingerprint density at radius 1 is 1.28 bits per heavy atom. The van der Waals surface area contributed by atoms with Crippen LogP contribution in [0.1, 0.15) is 55.1 Å². The van der Waals surface area contributed by atoms with E-state index in [0.29, 0.717) is 6.42 Å².